The number of aryl methyl sites for hydroxylation is 1. The van der Waals surface area contributed by atoms with E-state index in [1.54, 1.807) is 37.5 Å². The van der Waals surface area contributed by atoms with Gasteiger partial charge in [-0.3, -0.25) is 14.9 Å². The lowest BCUT2D eigenvalue weighted by Gasteiger charge is -2.09. The normalized spacial score (nSPS) is 11.0. The lowest BCUT2D eigenvalue weighted by atomic mass is 10.2. The number of rotatable bonds is 6. The van der Waals surface area contributed by atoms with Crippen molar-refractivity contribution in [3.63, 3.8) is 0 Å². The summed E-state index contributed by atoms with van der Waals surface area (Å²) < 4.78 is 1.43. The first-order valence-corrected chi connectivity index (χ1v) is 7.89. The Morgan fingerprint density at radius 1 is 1.27 bits per heavy atom. The molecule has 26 heavy (non-hydrogen) atoms. The number of allylic oxidation sites excluding steroid dienone is 4. The zero-order valence-corrected chi connectivity index (χ0v) is 14.9. The van der Waals surface area contributed by atoms with Gasteiger partial charge in [-0.25, -0.2) is 4.98 Å². The Labute approximate surface area is 151 Å². The first kappa shape index (κ1) is 18.9. The quantitative estimate of drug-likeness (QED) is 0.485. The Balaban J connectivity index is 2.52. The topological polar surface area (TPSA) is 90.1 Å². The second-order valence-electron chi connectivity index (χ2n) is 5.88. The van der Waals surface area contributed by atoms with Crippen LogP contribution in [0.25, 0.3) is 11.3 Å². The number of anilines is 1. The zero-order valence-electron chi connectivity index (χ0n) is 14.9. The van der Waals surface area contributed by atoms with Crippen LogP contribution in [0.4, 0.5) is 11.5 Å². The van der Waals surface area contributed by atoms with E-state index in [1.165, 1.54) is 16.7 Å². The highest BCUT2D eigenvalue weighted by Crippen LogP contribution is 2.27. The molecule has 2 heterocycles. The van der Waals surface area contributed by atoms with Crippen molar-refractivity contribution in [2.24, 2.45) is 7.05 Å². The molecular weight excluding hydrogens is 332 g/mol. The summed E-state index contributed by atoms with van der Waals surface area (Å²) in [5.74, 6) is 0.106. The molecule has 2 aromatic heterocycles. The van der Waals surface area contributed by atoms with Crippen molar-refractivity contribution in [3.8, 4) is 11.3 Å². The SMILES string of the molecule is C=C/C(=C\C=C(C)C)Nc1nc(-c2ccc(=O)n(C)c2)ccc1[N+](=O)[O-]. The van der Waals surface area contributed by atoms with Crippen molar-refractivity contribution in [2.45, 2.75) is 13.8 Å². The molecule has 0 atom stereocenters. The molecule has 0 spiro atoms. The van der Waals surface area contributed by atoms with E-state index in [4.69, 9.17) is 0 Å². The first-order valence-electron chi connectivity index (χ1n) is 7.89. The van der Waals surface area contributed by atoms with Gasteiger partial charge in [0.05, 0.1) is 10.6 Å². The Hall–Kier alpha value is -3.48. The van der Waals surface area contributed by atoms with Gasteiger partial charge in [0.1, 0.15) is 0 Å². The average Bonchev–Trinajstić information content (AvgIpc) is 2.60. The van der Waals surface area contributed by atoms with Gasteiger partial charge in [0.2, 0.25) is 11.4 Å². The van der Waals surface area contributed by atoms with Crippen LogP contribution >= 0.6 is 0 Å². The van der Waals surface area contributed by atoms with Crippen LogP contribution in [-0.2, 0) is 7.05 Å². The Kier molecular flexibility index (Phi) is 5.85. The van der Waals surface area contributed by atoms with Crippen LogP contribution < -0.4 is 10.9 Å². The molecule has 0 amide bonds. The highest BCUT2D eigenvalue weighted by Gasteiger charge is 2.17. The minimum Gasteiger partial charge on any atom is -0.334 e. The molecule has 0 fully saturated rings. The molecule has 0 aromatic carbocycles. The second kappa shape index (κ2) is 8.06. The van der Waals surface area contributed by atoms with Gasteiger partial charge in [0.25, 0.3) is 0 Å². The Bertz CT molecular complexity index is 967. The maximum Gasteiger partial charge on any atom is 0.311 e. The second-order valence-corrected chi connectivity index (χ2v) is 5.88. The highest BCUT2D eigenvalue weighted by atomic mass is 16.6. The van der Waals surface area contributed by atoms with Crippen molar-refractivity contribution in [1.29, 1.82) is 0 Å². The highest BCUT2D eigenvalue weighted by molar-refractivity contribution is 5.68. The van der Waals surface area contributed by atoms with Gasteiger partial charge >= 0.3 is 5.69 Å². The molecule has 2 aromatic rings. The van der Waals surface area contributed by atoms with Gasteiger partial charge in [-0.15, -0.1) is 0 Å². The molecule has 0 aliphatic carbocycles. The fourth-order valence-corrected chi connectivity index (χ4v) is 2.15. The predicted octanol–water partition coefficient (Wildman–Crippen LogP) is 3.80. The van der Waals surface area contributed by atoms with Crippen LogP contribution in [0.15, 0.2) is 71.3 Å². The van der Waals surface area contributed by atoms with E-state index >= 15 is 0 Å². The number of nitro groups is 1. The first-order chi connectivity index (χ1) is 12.3. The number of nitrogens with one attached hydrogen (secondary N) is 1. The fourth-order valence-electron chi connectivity index (χ4n) is 2.15. The van der Waals surface area contributed by atoms with Crippen molar-refractivity contribution in [1.82, 2.24) is 9.55 Å². The van der Waals surface area contributed by atoms with Gasteiger partial charge in [-0.2, -0.15) is 0 Å². The van der Waals surface area contributed by atoms with Crippen molar-refractivity contribution >= 4 is 11.5 Å². The molecule has 0 saturated heterocycles. The molecule has 0 unspecified atom stereocenters. The van der Waals surface area contributed by atoms with Gasteiger partial charge in [0.15, 0.2) is 0 Å². The van der Waals surface area contributed by atoms with Crippen LogP contribution in [0, 0.1) is 10.1 Å². The summed E-state index contributed by atoms with van der Waals surface area (Å²) in [6.07, 6.45) is 6.83. The summed E-state index contributed by atoms with van der Waals surface area (Å²) in [4.78, 5) is 26.7. The Morgan fingerprint density at radius 2 is 2.00 bits per heavy atom. The van der Waals surface area contributed by atoms with Crippen molar-refractivity contribution < 1.29 is 4.92 Å². The summed E-state index contributed by atoms with van der Waals surface area (Å²) in [7, 11) is 1.63. The number of hydrogen-bond donors (Lipinski definition) is 1. The van der Waals surface area contributed by atoms with Crippen LogP contribution in [0.2, 0.25) is 0 Å². The van der Waals surface area contributed by atoms with E-state index in [1.807, 2.05) is 19.9 Å². The summed E-state index contributed by atoms with van der Waals surface area (Å²) in [6.45, 7) is 7.60. The number of nitrogens with zero attached hydrogens (tertiary/aromatic N) is 3. The summed E-state index contributed by atoms with van der Waals surface area (Å²) in [5, 5.41) is 14.3. The largest absolute Gasteiger partial charge is 0.334 e. The van der Waals surface area contributed by atoms with Gasteiger partial charge in [0, 0.05) is 36.6 Å². The lowest BCUT2D eigenvalue weighted by Crippen LogP contribution is -2.14. The average molecular weight is 352 g/mol. The van der Waals surface area contributed by atoms with E-state index in [0.29, 0.717) is 17.0 Å². The fraction of sp³-hybridized carbons (Fsp3) is 0.158. The van der Waals surface area contributed by atoms with Gasteiger partial charge in [-0.05, 0) is 38.1 Å². The molecule has 2 rings (SSSR count). The van der Waals surface area contributed by atoms with Crippen molar-refractivity contribution in [2.75, 3.05) is 5.32 Å². The van der Waals surface area contributed by atoms with Crippen LogP contribution in [0.1, 0.15) is 13.8 Å². The third kappa shape index (κ3) is 4.54. The molecule has 0 aliphatic heterocycles. The summed E-state index contributed by atoms with van der Waals surface area (Å²) >= 11 is 0. The standard InChI is InChI=1S/C19H20N4O3/c1-5-15(8-6-13(2)3)20-19-17(23(25)26)10-9-16(21-19)14-7-11-18(24)22(4)12-14/h5-12H,1H2,2-4H3,(H,20,21)/b15-8+. The summed E-state index contributed by atoms with van der Waals surface area (Å²) in [6, 6.07) is 6.00. The number of hydrogen-bond acceptors (Lipinski definition) is 5. The van der Waals surface area contributed by atoms with Crippen LogP contribution in [0.3, 0.4) is 0 Å². The molecule has 1 N–H and O–H groups in total. The molecule has 0 saturated carbocycles. The molecule has 134 valence electrons. The van der Waals surface area contributed by atoms with E-state index in [-0.39, 0.29) is 17.1 Å². The minimum absolute atomic E-state index is 0.106. The zero-order chi connectivity index (χ0) is 19.3. The number of aromatic nitrogens is 2. The molecule has 7 heteroatoms. The predicted molar refractivity (Wildman–Crippen MR) is 103 cm³/mol. The third-order valence-electron chi connectivity index (χ3n) is 3.53. The monoisotopic (exact) mass is 352 g/mol. The molecule has 0 aliphatic rings. The van der Waals surface area contributed by atoms with Gasteiger partial charge in [-0.1, -0.05) is 18.2 Å². The van der Waals surface area contributed by atoms with Gasteiger partial charge < -0.3 is 9.88 Å². The molecule has 7 nitrogen and oxygen atoms in total. The van der Waals surface area contributed by atoms with E-state index < -0.39 is 4.92 Å². The van der Waals surface area contributed by atoms with E-state index in [9.17, 15) is 14.9 Å². The van der Waals surface area contributed by atoms with E-state index in [2.05, 4.69) is 16.9 Å². The maximum absolute atomic E-state index is 11.5. The van der Waals surface area contributed by atoms with E-state index in [0.717, 1.165) is 5.57 Å². The van der Waals surface area contributed by atoms with Crippen LogP contribution in [0.5, 0.6) is 0 Å². The Morgan fingerprint density at radius 3 is 2.58 bits per heavy atom. The minimum atomic E-state index is -0.499. The lowest BCUT2D eigenvalue weighted by molar-refractivity contribution is -0.384. The molecular formula is C19H20N4O3. The third-order valence-corrected chi connectivity index (χ3v) is 3.53. The van der Waals surface area contributed by atoms with Crippen molar-refractivity contribution in [3.05, 3.63) is 87.0 Å². The molecule has 0 radical (unpaired) electrons. The maximum atomic E-state index is 11.5. The molecule has 0 bridgehead atoms. The number of pyridine rings is 2. The van der Waals surface area contributed by atoms with Crippen LogP contribution in [-0.4, -0.2) is 14.5 Å². The summed E-state index contributed by atoms with van der Waals surface area (Å²) in [5.41, 5.74) is 2.56. The smallest absolute Gasteiger partial charge is 0.311 e.